The summed E-state index contributed by atoms with van der Waals surface area (Å²) in [6.45, 7) is 0. The van der Waals surface area contributed by atoms with Crippen molar-refractivity contribution in [2.24, 2.45) is 0 Å². The Hall–Kier alpha value is -5.46. The van der Waals surface area contributed by atoms with Crippen LogP contribution in [0.4, 0.5) is 0 Å². The van der Waals surface area contributed by atoms with Crippen molar-refractivity contribution in [2.75, 3.05) is 0 Å². The van der Waals surface area contributed by atoms with Crippen LogP contribution >= 0.6 is 0 Å². The van der Waals surface area contributed by atoms with Gasteiger partial charge in [0.25, 0.3) is 0 Å². The highest BCUT2D eigenvalue weighted by Crippen LogP contribution is 2.65. The predicted molar refractivity (Wildman–Crippen MR) is 191 cm³/mol. The van der Waals surface area contributed by atoms with Gasteiger partial charge in [0.05, 0.1) is 0 Å². The molecule has 2 unspecified atom stereocenters. The monoisotopic (exact) mass is 606 g/mol. The predicted octanol–water partition coefficient (Wildman–Crippen LogP) is 10.6. The Balaban J connectivity index is 1.11. The molecule has 0 heterocycles. The summed E-state index contributed by atoms with van der Waals surface area (Å²) in [6.07, 6.45) is 0. The number of rotatable bonds is 0. The van der Waals surface area contributed by atoms with Gasteiger partial charge in [-0.25, -0.2) is 0 Å². The fraction of sp³-hybridized carbons (Fsp3) is 0.125. The van der Waals surface area contributed by atoms with Crippen LogP contribution < -0.4 is 0 Å². The minimum atomic E-state index is 0.237. The summed E-state index contributed by atoms with van der Waals surface area (Å²) in [7, 11) is 0. The van der Waals surface area contributed by atoms with Crippen molar-refractivity contribution in [3.8, 4) is 0 Å². The van der Waals surface area contributed by atoms with Crippen molar-refractivity contribution >= 4 is 0 Å². The summed E-state index contributed by atoms with van der Waals surface area (Å²) in [5.41, 5.74) is 27.4. The first-order valence-electron chi connectivity index (χ1n) is 17.6. The maximum atomic E-state index is 2.69. The van der Waals surface area contributed by atoms with Gasteiger partial charge in [-0.2, -0.15) is 0 Å². The van der Waals surface area contributed by atoms with Crippen LogP contribution in [0.5, 0.6) is 0 Å². The van der Waals surface area contributed by atoms with E-state index in [4.69, 9.17) is 0 Å². The van der Waals surface area contributed by atoms with E-state index in [0.717, 1.165) is 0 Å². The smallest absolute Gasteiger partial charge is 0.0352 e. The largest absolute Gasteiger partial charge is 0.0619 e. The molecule has 0 N–H and O–H groups in total. The Morgan fingerprint density at radius 3 is 0.708 bits per heavy atom. The van der Waals surface area contributed by atoms with Gasteiger partial charge < -0.3 is 0 Å². The average molecular weight is 607 g/mol. The van der Waals surface area contributed by atoms with E-state index in [1.165, 1.54) is 83.5 Å². The molecule has 0 aromatic heterocycles. The maximum Gasteiger partial charge on any atom is 0.0352 e. The van der Waals surface area contributed by atoms with E-state index in [-0.39, 0.29) is 23.7 Å². The summed E-state index contributed by atoms with van der Waals surface area (Å²) in [5, 5.41) is 0. The first kappa shape index (κ1) is 24.7. The van der Waals surface area contributed by atoms with Gasteiger partial charge in [0, 0.05) is 35.5 Å². The molecule has 0 radical (unpaired) electrons. The normalized spacial score (nSPS) is 24.2. The number of hydrogen-bond acceptors (Lipinski definition) is 0. The van der Waals surface area contributed by atoms with Gasteiger partial charge in [-0.15, -0.1) is 0 Å². The molecule has 0 nitrogen and oxygen atoms in total. The second-order valence-corrected chi connectivity index (χ2v) is 14.9. The minimum absolute atomic E-state index is 0.237. The molecule has 0 saturated heterocycles. The molecule has 0 heteroatoms. The Morgan fingerprint density at radius 2 is 0.396 bits per heavy atom. The maximum absolute atomic E-state index is 2.69. The molecular weight excluding hydrogens is 577 g/mol. The molecule has 0 aliphatic heterocycles. The van der Waals surface area contributed by atoms with Crippen molar-refractivity contribution < 1.29 is 0 Å². The zero-order chi connectivity index (χ0) is 30.8. The molecule has 9 aliphatic rings. The molecular formula is C48H30. The van der Waals surface area contributed by atoms with Crippen LogP contribution in [0.25, 0.3) is 0 Å². The van der Waals surface area contributed by atoms with Crippen molar-refractivity contribution in [1.82, 2.24) is 0 Å². The van der Waals surface area contributed by atoms with Gasteiger partial charge in [0.2, 0.25) is 0 Å². The quantitative estimate of drug-likeness (QED) is 0.161. The lowest BCUT2D eigenvalue weighted by molar-refractivity contribution is 0.684. The summed E-state index contributed by atoms with van der Waals surface area (Å²) < 4.78 is 0. The highest BCUT2D eigenvalue weighted by molar-refractivity contribution is 5.78. The van der Waals surface area contributed by atoms with E-state index in [0.29, 0.717) is 11.8 Å². The van der Waals surface area contributed by atoms with Gasteiger partial charge in [0.15, 0.2) is 0 Å². The lowest BCUT2D eigenvalue weighted by Gasteiger charge is -2.50. The number of hydrogen-bond donors (Lipinski definition) is 0. The lowest BCUT2D eigenvalue weighted by atomic mass is 9.53. The van der Waals surface area contributed by atoms with E-state index in [2.05, 4.69) is 146 Å². The molecule has 222 valence electrons. The minimum Gasteiger partial charge on any atom is -0.0619 e. The highest BCUT2D eigenvalue weighted by Gasteiger charge is 2.50. The fourth-order valence-corrected chi connectivity index (χ4v) is 11.6. The Bertz CT molecular complexity index is 2500. The molecule has 0 saturated carbocycles. The van der Waals surface area contributed by atoms with Crippen LogP contribution in [0.3, 0.4) is 0 Å². The molecule has 9 aliphatic carbocycles. The third-order valence-electron chi connectivity index (χ3n) is 13.2. The summed E-state index contributed by atoms with van der Waals surface area (Å²) in [5.74, 6) is 1.65. The second-order valence-electron chi connectivity index (χ2n) is 14.9. The van der Waals surface area contributed by atoms with E-state index < -0.39 is 0 Å². The van der Waals surface area contributed by atoms with Crippen LogP contribution in [0.15, 0.2) is 146 Å². The zero-order valence-corrected chi connectivity index (χ0v) is 26.3. The van der Waals surface area contributed by atoms with Crippen molar-refractivity contribution in [1.29, 1.82) is 0 Å². The van der Waals surface area contributed by atoms with Gasteiger partial charge in [-0.3, -0.25) is 0 Å². The summed E-state index contributed by atoms with van der Waals surface area (Å²) >= 11 is 0. The molecule has 7 aromatic rings. The molecule has 0 spiro atoms. The van der Waals surface area contributed by atoms with Crippen LogP contribution in [-0.4, -0.2) is 0 Å². The molecule has 16 rings (SSSR count). The van der Waals surface area contributed by atoms with Gasteiger partial charge in [-0.05, 0) is 100 Å². The SMILES string of the molecule is c1ccc2c(c1)C1c3ccccc3C2c2cc3c(cc21)C1c2ccccc2C3c2c1ccc1c2C2c3ccccc3C1c1ccccc12. The third-order valence-corrected chi connectivity index (χ3v) is 13.2. The molecule has 48 heavy (non-hydrogen) atoms. The lowest BCUT2D eigenvalue weighted by Crippen LogP contribution is -2.35. The summed E-state index contributed by atoms with van der Waals surface area (Å²) in [6, 6.07) is 56.9. The van der Waals surface area contributed by atoms with Crippen molar-refractivity contribution in [3.63, 3.8) is 0 Å². The Morgan fingerprint density at radius 1 is 0.188 bits per heavy atom. The second kappa shape index (κ2) is 8.33. The van der Waals surface area contributed by atoms with Crippen LogP contribution in [-0.2, 0) is 0 Å². The van der Waals surface area contributed by atoms with Crippen molar-refractivity contribution in [3.05, 3.63) is 246 Å². The van der Waals surface area contributed by atoms with Crippen LogP contribution in [0.2, 0.25) is 0 Å². The highest BCUT2D eigenvalue weighted by atomic mass is 14.5. The number of benzene rings is 7. The van der Waals surface area contributed by atoms with Crippen molar-refractivity contribution in [2.45, 2.75) is 35.5 Å². The van der Waals surface area contributed by atoms with E-state index in [1.54, 1.807) is 16.7 Å². The van der Waals surface area contributed by atoms with E-state index in [1.807, 2.05) is 0 Å². The van der Waals surface area contributed by atoms with Gasteiger partial charge >= 0.3 is 0 Å². The zero-order valence-electron chi connectivity index (χ0n) is 26.3. The average Bonchev–Trinajstić information content (AvgIpc) is 3.16. The topological polar surface area (TPSA) is 0 Å². The molecule has 0 fully saturated rings. The Labute approximate surface area is 280 Å². The van der Waals surface area contributed by atoms with Crippen LogP contribution in [0, 0.1) is 0 Å². The fourth-order valence-electron chi connectivity index (χ4n) is 11.6. The van der Waals surface area contributed by atoms with E-state index in [9.17, 15) is 0 Å². The molecule has 2 atom stereocenters. The molecule has 7 aromatic carbocycles. The third kappa shape index (κ3) is 2.65. The van der Waals surface area contributed by atoms with E-state index >= 15 is 0 Å². The molecule has 6 bridgehead atoms. The summed E-state index contributed by atoms with van der Waals surface area (Å²) in [4.78, 5) is 0. The Kier molecular flexibility index (Phi) is 4.28. The van der Waals surface area contributed by atoms with Gasteiger partial charge in [-0.1, -0.05) is 146 Å². The first-order chi connectivity index (χ1) is 23.9. The molecule has 0 amide bonds. The van der Waals surface area contributed by atoms with Gasteiger partial charge in [0.1, 0.15) is 0 Å². The van der Waals surface area contributed by atoms with Crippen LogP contribution in [0.1, 0.15) is 136 Å². The standard InChI is InChI=1S/C48H30/c1-3-13-27-25(11-1)42-26-12-2-4-14-28(26)43(27)38-24-40-39(23-37(38)42)44-31-17-7-10-20-34(31)46(40)48-36(44)22-21-35-41-29-15-5-8-18-32(29)45(47(35)48)33-19-9-6-16-30(33)41/h1-24,41-46H. The first-order valence-corrected chi connectivity index (χ1v) is 17.6.